The summed E-state index contributed by atoms with van der Waals surface area (Å²) in [6, 6.07) is -1.95. The van der Waals surface area contributed by atoms with Crippen LogP contribution in [0.5, 0.6) is 0 Å². The molecule has 338 valence electrons. The first-order valence-corrected chi connectivity index (χ1v) is 19.2. The largest absolute Gasteiger partial charge is 0.497 e. The van der Waals surface area contributed by atoms with E-state index in [4.69, 9.17) is 39.4 Å². The molecule has 0 aromatic rings. The van der Waals surface area contributed by atoms with Crippen LogP contribution >= 0.6 is 0 Å². The normalized spacial score (nSPS) is 21.2. The van der Waals surface area contributed by atoms with Crippen LogP contribution < -0.4 is 0 Å². The maximum atomic E-state index is 11.4. The van der Waals surface area contributed by atoms with Gasteiger partial charge in [-0.05, 0) is 47.3 Å². The Morgan fingerprint density at radius 2 is 0.569 bits per heavy atom. The number of carbonyl (C=O) groups is 4. The molecule has 0 bridgehead atoms. The van der Waals surface area contributed by atoms with Gasteiger partial charge in [0.05, 0.1) is 26.4 Å². The number of ether oxygens (including phenoxy) is 4. The van der Waals surface area contributed by atoms with Crippen LogP contribution in [0.3, 0.4) is 0 Å². The monoisotopic (exact) mass is 1000 g/mol. The molecule has 16 nitrogen and oxygen atoms in total. The maximum Gasteiger partial charge on any atom is 0.331 e. The molecule has 0 amide bonds. The fraction of sp³-hybridized carbons (Fsp3) is 0.800. The molecule has 58 heavy (non-hydrogen) atoms. The van der Waals surface area contributed by atoms with Gasteiger partial charge >= 0.3 is 23.9 Å². The molecule has 4 heterocycles. The molecule has 4 aliphatic heterocycles. The summed E-state index contributed by atoms with van der Waals surface area (Å²) in [6.07, 6.45) is 4.18. The van der Waals surface area contributed by atoms with Crippen molar-refractivity contribution in [1.29, 1.82) is 0 Å². The Morgan fingerprint density at radius 1 is 0.414 bits per heavy atom. The van der Waals surface area contributed by atoms with Gasteiger partial charge in [0.1, 0.15) is 0 Å². The Labute approximate surface area is 370 Å². The van der Waals surface area contributed by atoms with Crippen LogP contribution in [0.4, 0.5) is 0 Å². The number of nitrogens with zero attached hydrogens (tertiary/aromatic N) is 4. The number of hydrogen-bond donors (Lipinski definition) is 4. The molecule has 0 fully saturated rings. The minimum Gasteiger partial charge on any atom is -0.497 e. The summed E-state index contributed by atoms with van der Waals surface area (Å²) in [7, 11) is 0. The van der Waals surface area contributed by atoms with E-state index in [0.717, 1.165) is 0 Å². The van der Waals surface area contributed by atoms with Crippen LogP contribution in [0.25, 0.3) is 0 Å². The van der Waals surface area contributed by atoms with Crippen LogP contribution in [0.1, 0.15) is 134 Å². The summed E-state index contributed by atoms with van der Waals surface area (Å²) < 4.78 is 20.3. The molecule has 2 radical (unpaired) electrons. The van der Waals surface area contributed by atoms with E-state index in [1.165, 1.54) is 0 Å². The molecule has 0 saturated carbocycles. The van der Waals surface area contributed by atoms with Crippen molar-refractivity contribution in [2.75, 3.05) is 26.4 Å². The Hall–Kier alpha value is -2.99. The molecular formula is C40H68N4O12Rh2. The Balaban J connectivity index is 0. The molecule has 0 spiro atoms. The minimum atomic E-state index is -0.489. The quantitative estimate of drug-likeness (QED) is 0.112. The average Bonchev–Trinajstić information content (AvgIpc) is 3.89. The van der Waals surface area contributed by atoms with E-state index >= 15 is 0 Å². The van der Waals surface area contributed by atoms with Gasteiger partial charge < -0.3 is 39.4 Å². The third-order valence-corrected chi connectivity index (χ3v) is 7.46. The predicted octanol–water partition coefficient (Wildman–Crippen LogP) is 6.77. The molecule has 0 aromatic heterocycles. The van der Waals surface area contributed by atoms with E-state index < -0.39 is 24.2 Å². The fourth-order valence-corrected chi connectivity index (χ4v) is 4.52. The van der Waals surface area contributed by atoms with E-state index in [0.29, 0.717) is 77.8 Å². The second kappa shape index (κ2) is 25.6. The Morgan fingerprint density at radius 3 is 0.672 bits per heavy atom. The van der Waals surface area contributed by atoms with Gasteiger partial charge in [0.15, 0.2) is 47.8 Å². The topological polar surface area (TPSA) is 236 Å². The van der Waals surface area contributed by atoms with Crippen LogP contribution in [0, 0.1) is 21.7 Å². The molecule has 0 aliphatic carbocycles. The first kappa shape index (κ1) is 57.1. The summed E-state index contributed by atoms with van der Waals surface area (Å²) in [5, 5.41) is 36.1. The van der Waals surface area contributed by atoms with Crippen molar-refractivity contribution in [2.45, 2.75) is 159 Å². The van der Waals surface area contributed by atoms with Crippen molar-refractivity contribution in [3.8, 4) is 0 Å². The van der Waals surface area contributed by atoms with E-state index in [9.17, 15) is 19.2 Å². The van der Waals surface area contributed by atoms with Crippen LogP contribution in [0.15, 0.2) is 20.0 Å². The zero-order valence-electron chi connectivity index (χ0n) is 36.3. The van der Waals surface area contributed by atoms with Gasteiger partial charge in [-0.25, -0.2) is 39.1 Å². The third kappa shape index (κ3) is 26.9. The van der Waals surface area contributed by atoms with Gasteiger partial charge in [0, 0.05) is 64.6 Å². The molecule has 0 unspecified atom stereocenters. The maximum absolute atomic E-state index is 11.4. The summed E-state index contributed by atoms with van der Waals surface area (Å²) in [5.41, 5.74) is -0.111. The number of carbonyl (C=O) groups excluding carboxylic acids is 4. The Kier molecular flexibility index (Phi) is 25.2. The summed E-state index contributed by atoms with van der Waals surface area (Å²) in [6.45, 7) is 25.5. The molecule has 0 saturated heterocycles. The molecule has 4 rings (SSSR count). The SMILES string of the molecule is CC(C)(C)COC(=O)[C@@H]1CCC(O)=N1.CC(C)(C)COC(=O)[C@@H]1CCC(O)=N1.CC(C)(C)COC(=O)[C@@H]1CCC(O)=N1.CC(C)(C)COC(=O)[C@@H]1CCC(O)=N1.[Rh].[Rh]. The molecule has 4 atom stereocenters. The number of hydrogen-bond acceptors (Lipinski definition) is 12. The smallest absolute Gasteiger partial charge is 0.331 e. The van der Waals surface area contributed by atoms with E-state index in [1.807, 2.05) is 83.1 Å². The Bertz CT molecular complexity index is 1240. The fourth-order valence-electron chi connectivity index (χ4n) is 4.52. The third-order valence-electron chi connectivity index (χ3n) is 7.46. The van der Waals surface area contributed by atoms with Crippen molar-refractivity contribution < 1.29 is 97.5 Å². The summed E-state index contributed by atoms with van der Waals surface area (Å²) in [5.74, 6) is -1.09. The molecule has 4 N–H and O–H groups in total. The van der Waals surface area contributed by atoms with E-state index in [-0.39, 0.29) is 108 Å². The van der Waals surface area contributed by atoms with Crippen molar-refractivity contribution in [3.63, 3.8) is 0 Å². The van der Waals surface area contributed by atoms with Crippen molar-refractivity contribution in [1.82, 2.24) is 0 Å². The van der Waals surface area contributed by atoms with Gasteiger partial charge in [0.25, 0.3) is 0 Å². The minimum absolute atomic E-state index is 0. The van der Waals surface area contributed by atoms with Crippen LogP contribution in [-0.4, -0.2) is 118 Å². The molecule has 4 aliphatic rings. The van der Waals surface area contributed by atoms with E-state index in [1.54, 1.807) is 0 Å². The average molecular weight is 1000 g/mol. The molecule has 18 heteroatoms. The number of rotatable bonds is 8. The zero-order chi connectivity index (χ0) is 43.1. The summed E-state index contributed by atoms with van der Waals surface area (Å²) in [4.78, 5) is 60.7. The molecular weight excluding hydrogens is 934 g/mol. The van der Waals surface area contributed by atoms with Crippen LogP contribution in [0.2, 0.25) is 0 Å². The van der Waals surface area contributed by atoms with Crippen LogP contribution in [-0.2, 0) is 77.1 Å². The first-order chi connectivity index (χ1) is 25.5. The van der Waals surface area contributed by atoms with Crippen molar-refractivity contribution in [2.24, 2.45) is 41.6 Å². The van der Waals surface area contributed by atoms with Gasteiger partial charge in [-0.3, -0.25) is 0 Å². The van der Waals surface area contributed by atoms with Crippen molar-refractivity contribution in [3.05, 3.63) is 0 Å². The van der Waals surface area contributed by atoms with Gasteiger partial charge in [0.2, 0.25) is 0 Å². The molecule has 0 aromatic carbocycles. The van der Waals surface area contributed by atoms with Gasteiger partial charge in [-0.1, -0.05) is 83.1 Å². The van der Waals surface area contributed by atoms with E-state index in [2.05, 4.69) is 20.0 Å². The second-order valence-corrected chi connectivity index (χ2v) is 19.1. The summed E-state index contributed by atoms with van der Waals surface area (Å²) >= 11 is 0. The number of esters is 4. The predicted molar refractivity (Wildman–Crippen MR) is 214 cm³/mol. The number of aliphatic hydroxyl groups excluding tert-OH is 4. The number of aliphatic hydroxyl groups is 4. The van der Waals surface area contributed by atoms with Gasteiger partial charge in [-0.15, -0.1) is 0 Å². The first-order valence-electron chi connectivity index (χ1n) is 19.2. The zero-order valence-corrected chi connectivity index (χ0v) is 39.6. The van der Waals surface area contributed by atoms with Gasteiger partial charge in [-0.2, -0.15) is 0 Å². The second-order valence-electron chi connectivity index (χ2n) is 19.1. The standard InChI is InChI=1S/4C10H17NO3.2Rh/c4*1-10(2,3)6-14-9(13)7-4-5-8(12)11-7;;/h4*7H,4-6H2,1-3H3,(H,11,12);;/t4*7-;;/m0000../s1. The van der Waals surface area contributed by atoms with Crippen molar-refractivity contribution >= 4 is 47.5 Å². The number of aliphatic imine (C=N–C) groups is 4.